The van der Waals surface area contributed by atoms with Crippen LogP contribution in [-0.2, 0) is 6.54 Å². The molecule has 1 saturated heterocycles. The van der Waals surface area contributed by atoms with Crippen LogP contribution in [-0.4, -0.2) is 35.2 Å². The van der Waals surface area contributed by atoms with E-state index in [1.165, 1.54) is 24.2 Å². The van der Waals surface area contributed by atoms with Gasteiger partial charge in [-0.05, 0) is 42.9 Å². The second-order valence-electron chi connectivity index (χ2n) is 4.80. The maximum atomic E-state index is 9.53. The van der Waals surface area contributed by atoms with Gasteiger partial charge in [-0.15, -0.1) is 11.3 Å². The highest BCUT2D eigenvalue weighted by Crippen LogP contribution is 2.26. The summed E-state index contributed by atoms with van der Waals surface area (Å²) in [6.45, 7) is 3.06. The maximum absolute atomic E-state index is 9.53. The van der Waals surface area contributed by atoms with Gasteiger partial charge in [0, 0.05) is 16.0 Å². The van der Waals surface area contributed by atoms with E-state index in [1.54, 1.807) is 0 Å². The molecule has 5 heteroatoms. The number of likely N-dealkylation sites (tertiary alicyclic amines) is 1. The molecular weight excluding hydrogens is 245 g/mol. The molecule has 0 radical (unpaired) electrons. The first-order chi connectivity index (χ1) is 8.75. The monoisotopic (exact) mass is 261 g/mol. The molecule has 1 aliphatic rings. The van der Waals surface area contributed by atoms with E-state index in [4.69, 9.17) is 0 Å². The third-order valence-corrected chi connectivity index (χ3v) is 4.80. The molecule has 0 amide bonds. The van der Waals surface area contributed by atoms with Gasteiger partial charge in [-0.2, -0.15) is 0 Å². The molecule has 3 rings (SSSR count). The molecule has 3 nitrogen and oxygen atoms in total. The zero-order valence-corrected chi connectivity index (χ0v) is 11.0. The van der Waals surface area contributed by atoms with Crippen molar-refractivity contribution in [1.82, 2.24) is 4.90 Å². The minimum atomic E-state index is -1.36. The van der Waals surface area contributed by atoms with Crippen molar-refractivity contribution in [3.05, 3.63) is 29.8 Å². The van der Waals surface area contributed by atoms with E-state index in [0.717, 1.165) is 35.3 Å². The lowest BCUT2D eigenvalue weighted by atomic mass is 9.85. The number of fused-ring (bicyclic) bond motifs is 1. The summed E-state index contributed by atoms with van der Waals surface area (Å²) in [4.78, 5) is 2.39. The van der Waals surface area contributed by atoms with Crippen LogP contribution in [0.1, 0.15) is 18.4 Å². The van der Waals surface area contributed by atoms with E-state index in [2.05, 4.69) is 11.0 Å². The van der Waals surface area contributed by atoms with Gasteiger partial charge < -0.3 is 10.0 Å². The molecule has 2 heterocycles. The molecule has 94 valence electrons. The van der Waals surface area contributed by atoms with Crippen molar-refractivity contribution in [2.45, 2.75) is 19.4 Å². The highest BCUT2D eigenvalue weighted by molar-refractivity contribution is 7.28. The van der Waals surface area contributed by atoms with E-state index < -0.39 is 7.12 Å². The summed E-state index contributed by atoms with van der Waals surface area (Å²) < 4.78 is 1.83. The van der Waals surface area contributed by atoms with Crippen molar-refractivity contribution in [2.24, 2.45) is 0 Å². The number of hydrogen-bond acceptors (Lipinski definition) is 4. The number of benzene rings is 1. The summed E-state index contributed by atoms with van der Waals surface area (Å²) in [5.74, 6) is 0. The van der Waals surface area contributed by atoms with Crippen LogP contribution in [0.2, 0.25) is 0 Å². The van der Waals surface area contributed by atoms with Crippen molar-refractivity contribution in [3.63, 3.8) is 0 Å². The lowest BCUT2D eigenvalue weighted by Gasteiger charge is -2.15. The first kappa shape index (κ1) is 12.2. The predicted molar refractivity (Wildman–Crippen MR) is 76.2 cm³/mol. The first-order valence-corrected chi connectivity index (χ1v) is 7.16. The van der Waals surface area contributed by atoms with E-state index in [0.29, 0.717) is 4.78 Å². The van der Waals surface area contributed by atoms with Gasteiger partial charge in [0.15, 0.2) is 0 Å². The highest BCUT2D eigenvalue weighted by atomic mass is 32.1. The van der Waals surface area contributed by atoms with Crippen molar-refractivity contribution >= 4 is 33.3 Å². The van der Waals surface area contributed by atoms with E-state index in [1.807, 2.05) is 18.2 Å². The molecule has 0 saturated carbocycles. The average Bonchev–Trinajstić information content (AvgIpc) is 2.98. The molecule has 0 aliphatic carbocycles. The molecule has 2 aromatic rings. The van der Waals surface area contributed by atoms with Crippen LogP contribution >= 0.6 is 11.3 Å². The fraction of sp³-hybridized carbons (Fsp3) is 0.385. The molecular formula is C13H16BNO2S. The van der Waals surface area contributed by atoms with E-state index in [9.17, 15) is 10.0 Å². The van der Waals surface area contributed by atoms with E-state index >= 15 is 0 Å². The maximum Gasteiger partial charge on any atom is 0.499 e. The summed E-state index contributed by atoms with van der Waals surface area (Å²) >= 11 is 1.49. The molecule has 0 bridgehead atoms. The molecule has 0 atom stereocenters. The van der Waals surface area contributed by atoms with Gasteiger partial charge in [-0.1, -0.05) is 18.2 Å². The third-order valence-electron chi connectivity index (χ3n) is 3.54. The Morgan fingerprint density at radius 3 is 2.61 bits per heavy atom. The molecule has 1 aromatic carbocycles. The van der Waals surface area contributed by atoms with Crippen LogP contribution in [0.4, 0.5) is 0 Å². The van der Waals surface area contributed by atoms with Crippen LogP contribution in [0.3, 0.4) is 0 Å². The van der Waals surface area contributed by atoms with Gasteiger partial charge in [0.05, 0.1) is 0 Å². The normalized spacial score (nSPS) is 16.6. The van der Waals surface area contributed by atoms with Crippen molar-refractivity contribution in [2.75, 3.05) is 13.1 Å². The van der Waals surface area contributed by atoms with Gasteiger partial charge in [-0.25, -0.2) is 0 Å². The topological polar surface area (TPSA) is 43.7 Å². The summed E-state index contributed by atoms with van der Waals surface area (Å²) in [5, 5.41) is 20.2. The SMILES string of the molecule is OB(O)c1sc2ccccc2c1CN1CCCC1. The molecule has 0 unspecified atom stereocenters. The standard InChI is InChI=1S/C13H16BNO2S/c16-14(17)13-11(9-15-7-3-4-8-15)10-5-1-2-6-12(10)18-13/h1-2,5-6,16-17H,3-4,7-9H2. The second-order valence-corrected chi connectivity index (χ2v) is 5.88. The van der Waals surface area contributed by atoms with Gasteiger partial charge in [0.25, 0.3) is 0 Å². The fourth-order valence-corrected chi connectivity index (χ4v) is 3.74. The predicted octanol–water partition coefficient (Wildman–Crippen LogP) is 1.18. The lowest BCUT2D eigenvalue weighted by Crippen LogP contribution is -2.32. The van der Waals surface area contributed by atoms with Crippen LogP contribution < -0.4 is 4.78 Å². The van der Waals surface area contributed by atoms with Gasteiger partial charge in [0.1, 0.15) is 0 Å². The summed E-state index contributed by atoms with van der Waals surface area (Å²) in [6.07, 6.45) is 2.50. The molecule has 1 aliphatic heterocycles. The van der Waals surface area contributed by atoms with Crippen LogP contribution in [0.15, 0.2) is 24.3 Å². The van der Waals surface area contributed by atoms with Gasteiger partial charge >= 0.3 is 7.12 Å². The first-order valence-electron chi connectivity index (χ1n) is 6.34. The Morgan fingerprint density at radius 1 is 1.17 bits per heavy atom. The number of hydrogen-bond donors (Lipinski definition) is 2. The molecule has 1 aromatic heterocycles. The highest BCUT2D eigenvalue weighted by Gasteiger charge is 2.23. The Labute approximate surface area is 111 Å². The zero-order chi connectivity index (χ0) is 12.5. The Kier molecular flexibility index (Phi) is 3.39. The Bertz CT molecular complexity index is 549. The fourth-order valence-electron chi connectivity index (χ4n) is 2.65. The Morgan fingerprint density at radius 2 is 1.89 bits per heavy atom. The Balaban J connectivity index is 2.03. The van der Waals surface area contributed by atoms with Crippen LogP contribution in [0, 0.1) is 0 Å². The van der Waals surface area contributed by atoms with Crippen LogP contribution in [0.5, 0.6) is 0 Å². The largest absolute Gasteiger partial charge is 0.499 e. The average molecular weight is 261 g/mol. The van der Waals surface area contributed by atoms with Crippen LogP contribution in [0.25, 0.3) is 10.1 Å². The number of nitrogens with zero attached hydrogens (tertiary/aromatic N) is 1. The minimum Gasteiger partial charge on any atom is -0.423 e. The second kappa shape index (κ2) is 5.01. The Hall–Kier alpha value is -0.875. The number of thiophene rings is 1. The lowest BCUT2D eigenvalue weighted by molar-refractivity contribution is 0.333. The minimum absolute atomic E-state index is 0.697. The van der Waals surface area contributed by atoms with Crippen molar-refractivity contribution in [3.8, 4) is 0 Å². The van der Waals surface area contributed by atoms with Crippen molar-refractivity contribution in [1.29, 1.82) is 0 Å². The molecule has 18 heavy (non-hydrogen) atoms. The number of rotatable bonds is 3. The van der Waals surface area contributed by atoms with Crippen molar-refractivity contribution < 1.29 is 10.0 Å². The third kappa shape index (κ3) is 2.19. The summed E-state index contributed by atoms with van der Waals surface area (Å²) in [7, 11) is -1.36. The smallest absolute Gasteiger partial charge is 0.423 e. The zero-order valence-electron chi connectivity index (χ0n) is 10.2. The molecule has 0 spiro atoms. The van der Waals surface area contributed by atoms with Gasteiger partial charge in [0.2, 0.25) is 0 Å². The van der Waals surface area contributed by atoms with Gasteiger partial charge in [-0.3, -0.25) is 4.90 Å². The summed E-state index contributed by atoms with van der Waals surface area (Å²) in [5.41, 5.74) is 1.09. The molecule has 1 fully saturated rings. The van der Waals surface area contributed by atoms with E-state index in [-0.39, 0.29) is 0 Å². The quantitative estimate of drug-likeness (QED) is 0.815. The summed E-state index contributed by atoms with van der Waals surface area (Å²) in [6, 6.07) is 8.12. The molecule has 2 N–H and O–H groups in total.